The molecule has 3 aromatic rings. The van der Waals surface area contributed by atoms with E-state index >= 15 is 0 Å². The number of carbonyl (C=O) groups excluding carboxylic acids is 2. The van der Waals surface area contributed by atoms with Crippen LogP contribution in [0.3, 0.4) is 0 Å². The van der Waals surface area contributed by atoms with Crippen LogP contribution in [0.4, 0.5) is 5.69 Å². The van der Waals surface area contributed by atoms with Gasteiger partial charge in [-0.1, -0.05) is 64.1 Å². The van der Waals surface area contributed by atoms with Crippen molar-refractivity contribution in [1.29, 1.82) is 0 Å². The summed E-state index contributed by atoms with van der Waals surface area (Å²) in [5, 5.41) is 11.3. The molecule has 0 spiro atoms. The highest BCUT2D eigenvalue weighted by Gasteiger charge is 2.47. The van der Waals surface area contributed by atoms with Crippen molar-refractivity contribution in [3.63, 3.8) is 0 Å². The molecule has 1 amide bonds. The van der Waals surface area contributed by atoms with E-state index in [0.29, 0.717) is 17.0 Å². The van der Waals surface area contributed by atoms with Gasteiger partial charge in [-0.05, 0) is 64.9 Å². The van der Waals surface area contributed by atoms with E-state index in [4.69, 9.17) is 4.74 Å². The number of aliphatic hydroxyl groups excluding tert-OH is 1. The molecule has 0 bridgehead atoms. The van der Waals surface area contributed by atoms with Gasteiger partial charge in [0.1, 0.15) is 11.5 Å². The Kier molecular flexibility index (Phi) is 6.53. The molecule has 5 heteroatoms. The first-order valence-corrected chi connectivity index (χ1v) is 11.8. The summed E-state index contributed by atoms with van der Waals surface area (Å²) in [6.07, 6.45) is 0.876. The number of Topliss-reactive ketones (excluding diaryl/α,β-unsaturated/α-hetero) is 1. The number of aryl methyl sites for hydroxylation is 1. The monoisotopic (exact) mass is 469 g/mol. The van der Waals surface area contributed by atoms with Gasteiger partial charge in [0.05, 0.1) is 18.7 Å². The number of benzene rings is 3. The first-order chi connectivity index (χ1) is 16.7. The van der Waals surface area contributed by atoms with E-state index in [0.717, 1.165) is 23.1 Å². The number of aliphatic hydroxyl groups is 1. The molecule has 0 aromatic heterocycles. The van der Waals surface area contributed by atoms with Crippen LogP contribution in [0.2, 0.25) is 0 Å². The summed E-state index contributed by atoms with van der Waals surface area (Å²) >= 11 is 0. The molecule has 1 N–H and O–H groups in total. The number of ether oxygens (including phenoxy) is 1. The summed E-state index contributed by atoms with van der Waals surface area (Å²) in [4.78, 5) is 28.2. The lowest BCUT2D eigenvalue weighted by Crippen LogP contribution is -2.29. The fourth-order valence-corrected chi connectivity index (χ4v) is 4.38. The number of anilines is 1. The smallest absolute Gasteiger partial charge is 0.300 e. The minimum absolute atomic E-state index is 0.0452. The van der Waals surface area contributed by atoms with E-state index in [1.54, 1.807) is 31.4 Å². The molecule has 3 aromatic carbocycles. The van der Waals surface area contributed by atoms with E-state index < -0.39 is 17.7 Å². The average Bonchev–Trinajstić information content (AvgIpc) is 3.13. The first-order valence-electron chi connectivity index (χ1n) is 11.8. The van der Waals surface area contributed by atoms with Crippen molar-refractivity contribution in [2.45, 2.75) is 45.6 Å². The number of methoxy groups -OCH3 is 1. The highest BCUT2D eigenvalue weighted by Crippen LogP contribution is 2.42. The molecule has 1 heterocycles. The molecular formula is C30H31NO4. The van der Waals surface area contributed by atoms with Crippen LogP contribution in [-0.4, -0.2) is 23.9 Å². The highest BCUT2D eigenvalue weighted by molar-refractivity contribution is 6.51. The summed E-state index contributed by atoms with van der Waals surface area (Å²) in [6.45, 7) is 8.44. The van der Waals surface area contributed by atoms with Crippen LogP contribution in [-0.2, 0) is 21.4 Å². The largest absolute Gasteiger partial charge is 0.507 e. The third-order valence-electron chi connectivity index (χ3n) is 6.52. The number of hydrogen-bond acceptors (Lipinski definition) is 4. The summed E-state index contributed by atoms with van der Waals surface area (Å²) in [6, 6.07) is 21.6. The SMILES string of the molecule is CCc1ccc(C2/C(=C(\O)c3ccc(OC)cc3)C(=O)C(=O)N2c2ccc(C(C)(C)C)cc2)cc1. The zero-order valence-corrected chi connectivity index (χ0v) is 20.8. The lowest BCUT2D eigenvalue weighted by atomic mass is 9.87. The van der Waals surface area contributed by atoms with Crippen LogP contribution in [0, 0.1) is 0 Å². The Morgan fingerprint density at radius 1 is 0.914 bits per heavy atom. The maximum absolute atomic E-state index is 13.4. The van der Waals surface area contributed by atoms with Crippen LogP contribution < -0.4 is 9.64 Å². The molecule has 5 nitrogen and oxygen atoms in total. The molecule has 1 atom stereocenters. The summed E-state index contributed by atoms with van der Waals surface area (Å²) < 4.78 is 5.21. The quantitative estimate of drug-likeness (QED) is 0.275. The fourth-order valence-electron chi connectivity index (χ4n) is 4.38. The van der Waals surface area contributed by atoms with E-state index in [-0.39, 0.29) is 16.7 Å². The van der Waals surface area contributed by atoms with Gasteiger partial charge in [-0.2, -0.15) is 0 Å². The summed E-state index contributed by atoms with van der Waals surface area (Å²) in [5.74, 6) is -0.937. The van der Waals surface area contributed by atoms with Gasteiger partial charge in [0.15, 0.2) is 0 Å². The van der Waals surface area contributed by atoms with Crippen LogP contribution in [0.15, 0.2) is 78.4 Å². The van der Waals surface area contributed by atoms with Gasteiger partial charge in [-0.15, -0.1) is 0 Å². The Balaban J connectivity index is 1.88. The third-order valence-corrected chi connectivity index (χ3v) is 6.52. The Labute approximate surface area is 206 Å². The highest BCUT2D eigenvalue weighted by atomic mass is 16.5. The maximum atomic E-state index is 13.4. The minimum atomic E-state index is -0.747. The van der Waals surface area contributed by atoms with Crippen molar-refractivity contribution in [2.24, 2.45) is 0 Å². The number of carbonyl (C=O) groups is 2. The van der Waals surface area contributed by atoms with Gasteiger partial charge in [0, 0.05) is 11.3 Å². The Morgan fingerprint density at radius 2 is 1.51 bits per heavy atom. The summed E-state index contributed by atoms with van der Waals surface area (Å²) in [5.41, 5.74) is 4.12. The molecule has 0 saturated carbocycles. The van der Waals surface area contributed by atoms with Gasteiger partial charge in [0.25, 0.3) is 11.7 Å². The topological polar surface area (TPSA) is 66.8 Å². The van der Waals surface area contributed by atoms with Crippen LogP contribution >= 0.6 is 0 Å². The van der Waals surface area contributed by atoms with Crippen molar-refractivity contribution in [3.05, 3.63) is 101 Å². The zero-order chi connectivity index (χ0) is 25.3. The maximum Gasteiger partial charge on any atom is 0.300 e. The number of amides is 1. The van der Waals surface area contributed by atoms with E-state index in [2.05, 4.69) is 27.7 Å². The third kappa shape index (κ3) is 4.59. The number of hydrogen-bond donors (Lipinski definition) is 1. The molecule has 1 saturated heterocycles. The van der Waals surface area contributed by atoms with Crippen LogP contribution in [0.1, 0.15) is 56.0 Å². The lowest BCUT2D eigenvalue weighted by molar-refractivity contribution is -0.132. The van der Waals surface area contributed by atoms with E-state index in [1.165, 1.54) is 4.90 Å². The van der Waals surface area contributed by atoms with Crippen molar-refractivity contribution in [1.82, 2.24) is 0 Å². The Morgan fingerprint density at radius 3 is 2.03 bits per heavy atom. The average molecular weight is 470 g/mol. The number of rotatable bonds is 5. The van der Waals surface area contributed by atoms with Gasteiger partial charge in [0.2, 0.25) is 0 Å². The van der Waals surface area contributed by atoms with Gasteiger partial charge in [-0.25, -0.2) is 0 Å². The first kappa shape index (κ1) is 24.3. The molecule has 1 unspecified atom stereocenters. The molecule has 4 rings (SSSR count). The molecule has 1 aliphatic rings. The predicted molar refractivity (Wildman–Crippen MR) is 139 cm³/mol. The van der Waals surface area contributed by atoms with Crippen molar-refractivity contribution in [2.75, 3.05) is 12.0 Å². The van der Waals surface area contributed by atoms with Crippen LogP contribution in [0.5, 0.6) is 5.75 Å². The minimum Gasteiger partial charge on any atom is -0.507 e. The second-order valence-corrected chi connectivity index (χ2v) is 9.79. The molecular weight excluding hydrogens is 438 g/mol. The van der Waals surface area contributed by atoms with Gasteiger partial charge < -0.3 is 9.84 Å². The van der Waals surface area contributed by atoms with Gasteiger partial charge >= 0.3 is 0 Å². The van der Waals surface area contributed by atoms with E-state index in [1.807, 2.05) is 48.5 Å². The predicted octanol–water partition coefficient (Wildman–Crippen LogP) is 6.18. The number of ketones is 1. The van der Waals surface area contributed by atoms with E-state index in [9.17, 15) is 14.7 Å². The van der Waals surface area contributed by atoms with Crippen molar-refractivity contribution in [3.8, 4) is 5.75 Å². The molecule has 0 aliphatic carbocycles. The molecule has 0 radical (unpaired) electrons. The zero-order valence-electron chi connectivity index (χ0n) is 20.8. The second kappa shape index (κ2) is 9.41. The van der Waals surface area contributed by atoms with Crippen molar-refractivity contribution < 1.29 is 19.4 Å². The Bertz CT molecular complexity index is 1260. The standard InChI is InChI=1S/C30H31NO4/c1-6-19-7-9-20(10-8-19)26-25(27(32)21-11-17-24(35-5)18-12-21)28(33)29(34)31(26)23-15-13-22(14-16-23)30(2,3)4/h7-18,26,32H,6H2,1-5H3/b27-25+. The lowest BCUT2D eigenvalue weighted by Gasteiger charge is -2.27. The molecule has 1 aliphatic heterocycles. The van der Waals surface area contributed by atoms with Crippen LogP contribution in [0.25, 0.3) is 5.76 Å². The van der Waals surface area contributed by atoms with Crippen molar-refractivity contribution >= 4 is 23.1 Å². The molecule has 180 valence electrons. The number of nitrogens with zero attached hydrogens (tertiary/aromatic N) is 1. The summed E-state index contributed by atoms with van der Waals surface area (Å²) in [7, 11) is 1.56. The molecule has 35 heavy (non-hydrogen) atoms. The molecule has 1 fully saturated rings. The Hall–Kier alpha value is -3.86. The fraction of sp³-hybridized carbons (Fsp3) is 0.267. The normalized spacial score (nSPS) is 17.6. The van der Waals surface area contributed by atoms with Gasteiger partial charge in [-0.3, -0.25) is 14.5 Å². The second-order valence-electron chi connectivity index (χ2n) is 9.79.